The Hall–Kier alpha value is -2.11. The summed E-state index contributed by atoms with van der Waals surface area (Å²) in [6.07, 6.45) is 1.50. The zero-order chi connectivity index (χ0) is 13.0. The Morgan fingerprint density at radius 3 is 2.78 bits per heavy atom. The summed E-state index contributed by atoms with van der Waals surface area (Å²) in [5.74, 6) is 5.37. The molecule has 0 spiro atoms. The van der Waals surface area contributed by atoms with Gasteiger partial charge in [0, 0.05) is 11.8 Å². The van der Waals surface area contributed by atoms with Gasteiger partial charge in [0.05, 0.1) is 10.7 Å². The second-order valence-corrected chi connectivity index (χ2v) is 3.92. The molecule has 0 fully saturated rings. The molecule has 6 heteroatoms. The van der Waals surface area contributed by atoms with E-state index in [1.807, 2.05) is 0 Å². The van der Waals surface area contributed by atoms with Crippen molar-refractivity contribution < 1.29 is 4.79 Å². The number of amides is 1. The molecular weight excluding hydrogens is 252 g/mol. The minimum Gasteiger partial charge on any atom is -0.321 e. The van der Waals surface area contributed by atoms with Crippen LogP contribution in [0, 0.1) is 0 Å². The Balaban J connectivity index is 2.19. The molecule has 0 atom stereocenters. The van der Waals surface area contributed by atoms with E-state index in [1.165, 1.54) is 6.20 Å². The lowest BCUT2D eigenvalue weighted by atomic mass is 10.2. The summed E-state index contributed by atoms with van der Waals surface area (Å²) in [6, 6.07) is 10.2. The van der Waals surface area contributed by atoms with Gasteiger partial charge in [-0.1, -0.05) is 23.7 Å². The molecule has 0 radical (unpaired) electrons. The maximum atomic E-state index is 12.0. The van der Waals surface area contributed by atoms with Gasteiger partial charge in [-0.3, -0.25) is 4.79 Å². The molecule has 92 valence electrons. The van der Waals surface area contributed by atoms with E-state index in [4.69, 9.17) is 17.4 Å². The maximum absolute atomic E-state index is 12.0. The average Bonchev–Trinajstić information content (AvgIpc) is 2.41. The van der Waals surface area contributed by atoms with E-state index in [9.17, 15) is 4.79 Å². The molecule has 0 saturated carbocycles. The van der Waals surface area contributed by atoms with E-state index in [-0.39, 0.29) is 5.91 Å². The molecule has 1 aromatic carbocycles. The van der Waals surface area contributed by atoms with Crippen molar-refractivity contribution in [2.24, 2.45) is 5.84 Å². The summed E-state index contributed by atoms with van der Waals surface area (Å²) >= 11 is 5.95. The lowest BCUT2D eigenvalue weighted by Crippen LogP contribution is -2.14. The van der Waals surface area contributed by atoms with Crippen molar-refractivity contribution in [1.29, 1.82) is 0 Å². The lowest BCUT2D eigenvalue weighted by Gasteiger charge is -2.07. The van der Waals surface area contributed by atoms with E-state index in [0.29, 0.717) is 22.1 Å². The monoisotopic (exact) mass is 262 g/mol. The van der Waals surface area contributed by atoms with Crippen LogP contribution in [0.5, 0.6) is 0 Å². The quantitative estimate of drug-likeness (QED) is 0.586. The molecule has 0 aliphatic rings. The molecule has 5 nitrogen and oxygen atoms in total. The SMILES string of the molecule is NNc1cc(C(=O)Nc2ccccc2Cl)ccn1. The molecule has 0 saturated heterocycles. The predicted octanol–water partition coefficient (Wildman–Crippen LogP) is 2.27. The van der Waals surface area contributed by atoms with Crippen molar-refractivity contribution in [2.45, 2.75) is 0 Å². The van der Waals surface area contributed by atoms with E-state index < -0.39 is 0 Å². The van der Waals surface area contributed by atoms with Crippen LogP contribution < -0.4 is 16.6 Å². The Kier molecular flexibility index (Phi) is 3.76. The third-order valence-corrected chi connectivity index (χ3v) is 2.62. The van der Waals surface area contributed by atoms with Gasteiger partial charge in [-0.2, -0.15) is 0 Å². The number of para-hydroxylation sites is 1. The van der Waals surface area contributed by atoms with Crippen LogP contribution in [-0.2, 0) is 0 Å². The molecule has 18 heavy (non-hydrogen) atoms. The number of rotatable bonds is 3. The first-order valence-corrected chi connectivity index (χ1v) is 5.57. The van der Waals surface area contributed by atoms with Crippen LogP contribution in [-0.4, -0.2) is 10.9 Å². The molecule has 0 unspecified atom stereocenters. The zero-order valence-electron chi connectivity index (χ0n) is 9.35. The van der Waals surface area contributed by atoms with Crippen molar-refractivity contribution in [1.82, 2.24) is 4.98 Å². The van der Waals surface area contributed by atoms with Gasteiger partial charge in [-0.05, 0) is 24.3 Å². The third kappa shape index (κ3) is 2.77. The van der Waals surface area contributed by atoms with Gasteiger partial charge in [0.15, 0.2) is 0 Å². The van der Waals surface area contributed by atoms with Gasteiger partial charge >= 0.3 is 0 Å². The fourth-order valence-corrected chi connectivity index (χ4v) is 1.59. The third-order valence-electron chi connectivity index (χ3n) is 2.29. The molecular formula is C12H11ClN4O. The number of hydrazine groups is 1. The maximum Gasteiger partial charge on any atom is 0.255 e. The number of hydrogen-bond donors (Lipinski definition) is 3. The fraction of sp³-hybridized carbons (Fsp3) is 0. The molecule has 1 heterocycles. The molecule has 2 aromatic rings. The Morgan fingerprint density at radius 1 is 1.28 bits per heavy atom. The number of nitrogen functional groups attached to an aromatic ring is 1. The van der Waals surface area contributed by atoms with Crippen molar-refractivity contribution in [3.63, 3.8) is 0 Å². The van der Waals surface area contributed by atoms with Gasteiger partial charge < -0.3 is 10.7 Å². The highest BCUT2D eigenvalue weighted by molar-refractivity contribution is 6.33. The standard InChI is InChI=1S/C12H11ClN4O/c13-9-3-1-2-4-10(9)16-12(18)8-5-6-15-11(7-8)17-14/h1-7H,14H2,(H,15,17)(H,16,18). The van der Waals surface area contributed by atoms with Crippen molar-refractivity contribution in [2.75, 3.05) is 10.7 Å². The van der Waals surface area contributed by atoms with E-state index in [1.54, 1.807) is 36.4 Å². The largest absolute Gasteiger partial charge is 0.321 e. The molecule has 4 N–H and O–H groups in total. The number of benzene rings is 1. The number of carbonyl (C=O) groups excluding carboxylic acids is 1. The molecule has 1 amide bonds. The van der Waals surface area contributed by atoms with Crippen LogP contribution in [0.2, 0.25) is 5.02 Å². The second-order valence-electron chi connectivity index (χ2n) is 3.51. The topological polar surface area (TPSA) is 80.0 Å². The number of nitrogens with zero attached hydrogens (tertiary/aromatic N) is 1. The normalized spacial score (nSPS) is 9.89. The smallest absolute Gasteiger partial charge is 0.255 e. The van der Waals surface area contributed by atoms with E-state index in [2.05, 4.69) is 15.7 Å². The number of halogens is 1. The summed E-state index contributed by atoms with van der Waals surface area (Å²) < 4.78 is 0. The Morgan fingerprint density at radius 2 is 2.06 bits per heavy atom. The summed E-state index contributed by atoms with van der Waals surface area (Å²) in [5, 5.41) is 3.19. The number of nitrogens with one attached hydrogen (secondary N) is 2. The van der Waals surface area contributed by atoms with Gasteiger partial charge in [-0.15, -0.1) is 0 Å². The first-order chi connectivity index (χ1) is 8.70. The highest BCUT2D eigenvalue weighted by atomic mass is 35.5. The van der Waals surface area contributed by atoms with Gasteiger partial charge in [0.1, 0.15) is 5.82 Å². The average molecular weight is 263 g/mol. The molecule has 0 bridgehead atoms. The van der Waals surface area contributed by atoms with Crippen LogP contribution in [0.25, 0.3) is 0 Å². The van der Waals surface area contributed by atoms with Gasteiger partial charge in [0.25, 0.3) is 5.91 Å². The predicted molar refractivity (Wildman–Crippen MR) is 71.5 cm³/mol. The summed E-state index contributed by atoms with van der Waals surface area (Å²) in [5.41, 5.74) is 3.38. The molecule has 0 aliphatic carbocycles. The van der Waals surface area contributed by atoms with Crippen molar-refractivity contribution in [3.8, 4) is 0 Å². The zero-order valence-corrected chi connectivity index (χ0v) is 10.1. The first kappa shape index (κ1) is 12.3. The number of pyridine rings is 1. The van der Waals surface area contributed by atoms with Gasteiger partial charge in [0.2, 0.25) is 0 Å². The minimum atomic E-state index is -0.276. The minimum absolute atomic E-state index is 0.276. The summed E-state index contributed by atoms with van der Waals surface area (Å²) in [6.45, 7) is 0. The van der Waals surface area contributed by atoms with Crippen LogP contribution in [0.1, 0.15) is 10.4 Å². The highest BCUT2D eigenvalue weighted by Crippen LogP contribution is 2.21. The van der Waals surface area contributed by atoms with Crippen LogP contribution >= 0.6 is 11.6 Å². The summed E-state index contributed by atoms with van der Waals surface area (Å²) in [7, 11) is 0. The van der Waals surface area contributed by atoms with Crippen molar-refractivity contribution >= 4 is 29.0 Å². The number of aromatic nitrogens is 1. The first-order valence-electron chi connectivity index (χ1n) is 5.19. The van der Waals surface area contributed by atoms with E-state index >= 15 is 0 Å². The van der Waals surface area contributed by atoms with Gasteiger partial charge in [-0.25, -0.2) is 10.8 Å². The van der Waals surface area contributed by atoms with Crippen LogP contribution in [0.15, 0.2) is 42.6 Å². The summed E-state index contributed by atoms with van der Waals surface area (Å²) in [4.78, 5) is 15.9. The van der Waals surface area contributed by atoms with Crippen LogP contribution in [0.3, 0.4) is 0 Å². The number of hydrogen-bond acceptors (Lipinski definition) is 4. The number of anilines is 2. The van der Waals surface area contributed by atoms with Crippen molar-refractivity contribution in [3.05, 3.63) is 53.2 Å². The van der Waals surface area contributed by atoms with Crippen LogP contribution in [0.4, 0.5) is 11.5 Å². The second kappa shape index (κ2) is 5.48. The molecule has 0 aliphatic heterocycles. The lowest BCUT2D eigenvalue weighted by molar-refractivity contribution is 0.102. The number of carbonyl (C=O) groups is 1. The Labute approximate surface area is 109 Å². The molecule has 1 aromatic heterocycles. The van der Waals surface area contributed by atoms with E-state index in [0.717, 1.165) is 0 Å². The number of nitrogens with two attached hydrogens (primary N) is 1. The Bertz CT molecular complexity index is 574. The fourth-order valence-electron chi connectivity index (χ4n) is 1.41. The molecule has 2 rings (SSSR count). The highest BCUT2D eigenvalue weighted by Gasteiger charge is 2.08.